The number of aliphatic hydroxyl groups excluding tert-OH is 1. The maximum Gasteiger partial charge on any atom is 0.337 e. The highest BCUT2D eigenvalue weighted by atomic mass is 16.6. The van der Waals surface area contributed by atoms with Gasteiger partial charge in [0, 0.05) is 0 Å². The van der Waals surface area contributed by atoms with Gasteiger partial charge in [-0.05, 0) is 61.2 Å². The maximum absolute atomic E-state index is 13.3. The minimum Gasteiger partial charge on any atom is -0.478 e. The third-order valence-electron chi connectivity index (χ3n) is 9.75. The Hall–Kier alpha value is -2.76. The maximum atomic E-state index is 13.3. The average Bonchev–Trinajstić information content (AvgIpc) is 3.20. The zero-order valence-electron chi connectivity index (χ0n) is 24.1. The molecule has 0 bridgehead atoms. The van der Waals surface area contributed by atoms with E-state index in [2.05, 4.69) is 0 Å². The Morgan fingerprint density at radius 1 is 0.878 bits per heavy atom. The van der Waals surface area contributed by atoms with Gasteiger partial charge in [0.15, 0.2) is 0 Å². The van der Waals surface area contributed by atoms with Crippen LogP contribution in [0.15, 0.2) is 23.3 Å². The second-order valence-electron chi connectivity index (χ2n) is 12.8. The van der Waals surface area contributed by atoms with Gasteiger partial charge < -0.3 is 34.6 Å². The lowest BCUT2D eigenvalue weighted by molar-refractivity contribution is -0.181. The van der Waals surface area contributed by atoms with Gasteiger partial charge in [0.1, 0.15) is 31.0 Å². The Bertz CT molecular complexity index is 1120. The molecule has 11 heteroatoms. The molecule has 0 aromatic heterocycles. The van der Waals surface area contributed by atoms with Gasteiger partial charge in [-0.3, -0.25) is 9.59 Å². The van der Waals surface area contributed by atoms with Crippen LogP contribution in [0.25, 0.3) is 0 Å². The van der Waals surface area contributed by atoms with Crippen LogP contribution in [0.1, 0.15) is 53.4 Å². The van der Waals surface area contributed by atoms with Gasteiger partial charge in [-0.25, -0.2) is 9.59 Å². The standard InChI is InChI=1S/C30H42O11/c1-15(2)19-5-7-29(37,13-31)23-22(19)10-18(12-40-27(23)35)26(34)41-14-30(38)8-6-20(16(3)4)21-9-17(25(32)33)11-39-28(36)24(21)30/h9-10,15-16,19-24,31,37-38H,5-8,11-14H2,1-4H3,(H,32,33). The number of carbonyl (C=O) groups is 4. The Labute approximate surface area is 239 Å². The molecule has 2 aliphatic heterocycles. The van der Waals surface area contributed by atoms with Crippen LogP contribution in [0.5, 0.6) is 0 Å². The first kappa shape index (κ1) is 31.2. The van der Waals surface area contributed by atoms with E-state index >= 15 is 0 Å². The molecule has 4 rings (SSSR count). The average molecular weight is 579 g/mol. The number of aliphatic carboxylic acids is 1. The van der Waals surface area contributed by atoms with Crippen molar-refractivity contribution in [3.63, 3.8) is 0 Å². The summed E-state index contributed by atoms with van der Waals surface area (Å²) < 4.78 is 16.2. The summed E-state index contributed by atoms with van der Waals surface area (Å²) in [5.74, 6) is -6.84. The number of hydrogen-bond donors (Lipinski definition) is 4. The number of aliphatic hydroxyl groups is 3. The van der Waals surface area contributed by atoms with Gasteiger partial charge in [0.2, 0.25) is 0 Å². The zero-order chi connectivity index (χ0) is 30.3. The second kappa shape index (κ2) is 11.9. The predicted molar refractivity (Wildman–Crippen MR) is 143 cm³/mol. The van der Waals surface area contributed by atoms with Crippen molar-refractivity contribution in [2.24, 2.45) is 47.3 Å². The predicted octanol–water partition coefficient (Wildman–Crippen LogP) is 1.63. The van der Waals surface area contributed by atoms with Crippen molar-refractivity contribution < 1.29 is 53.8 Å². The monoisotopic (exact) mass is 578 g/mol. The second-order valence-corrected chi connectivity index (χ2v) is 12.8. The summed E-state index contributed by atoms with van der Waals surface area (Å²) in [4.78, 5) is 51.2. The summed E-state index contributed by atoms with van der Waals surface area (Å²) in [6.45, 7) is 5.93. The Morgan fingerprint density at radius 3 is 1.83 bits per heavy atom. The number of allylic oxidation sites excluding steroid dienone is 2. The molecule has 2 aliphatic carbocycles. The van der Waals surface area contributed by atoms with Gasteiger partial charge in [-0.15, -0.1) is 0 Å². The minimum atomic E-state index is -1.81. The first-order valence-electron chi connectivity index (χ1n) is 14.4. The molecule has 0 amide bonds. The molecule has 4 N–H and O–H groups in total. The smallest absolute Gasteiger partial charge is 0.337 e. The van der Waals surface area contributed by atoms with Crippen molar-refractivity contribution in [3.05, 3.63) is 23.3 Å². The number of esters is 3. The first-order chi connectivity index (χ1) is 19.2. The van der Waals surface area contributed by atoms with E-state index in [0.29, 0.717) is 12.8 Å². The number of cyclic esters (lactones) is 2. The molecular formula is C30H42O11. The van der Waals surface area contributed by atoms with Crippen LogP contribution in [0.2, 0.25) is 0 Å². The van der Waals surface area contributed by atoms with Crippen LogP contribution in [0.3, 0.4) is 0 Å². The van der Waals surface area contributed by atoms with E-state index in [1.54, 1.807) is 6.08 Å². The number of fused-ring (bicyclic) bond motifs is 2. The Balaban J connectivity index is 1.60. The van der Waals surface area contributed by atoms with Crippen molar-refractivity contribution in [1.29, 1.82) is 0 Å². The fraction of sp³-hybridized carbons (Fsp3) is 0.733. The fourth-order valence-corrected chi connectivity index (χ4v) is 7.41. The fourth-order valence-electron chi connectivity index (χ4n) is 7.41. The molecule has 4 aliphatic rings. The first-order valence-corrected chi connectivity index (χ1v) is 14.4. The molecule has 0 aromatic carbocycles. The molecule has 2 saturated carbocycles. The Morgan fingerprint density at radius 2 is 1.34 bits per heavy atom. The SMILES string of the molecule is CC(C)C1CCC(O)(CO)C2C(=O)OCC(C(=O)OCC3(O)CCC(C(C)C)C4C=C(C(=O)O)COC(=O)C43)=CC12. The molecule has 0 radical (unpaired) electrons. The highest BCUT2D eigenvalue weighted by Crippen LogP contribution is 2.49. The minimum absolute atomic E-state index is 0.0474. The number of carboxylic acid groups (broad SMARTS) is 1. The molecule has 0 spiro atoms. The van der Waals surface area contributed by atoms with Crippen molar-refractivity contribution in [3.8, 4) is 0 Å². The molecule has 8 atom stereocenters. The van der Waals surface area contributed by atoms with Crippen molar-refractivity contribution >= 4 is 23.9 Å². The molecule has 41 heavy (non-hydrogen) atoms. The zero-order valence-corrected chi connectivity index (χ0v) is 24.1. The van der Waals surface area contributed by atoms with Gasteiger partial charge in [0.25, 0.3) is 0 Å². The lowest BCUT2D eigenvalue weighted by atomic mass is 9.61. The van der Waals surface area contributed by atoms with E-state index in [1.807, 2.05) is 27.7 Å². The molecule has 228 valence electrons. The normalized spacial score (nSPS) is 37.5. The van der Waals surface area contributed by atoms with Crippen LogP contribution in [0.4, 0.5) is 0 Å². The summed E-state index contributed by atoms with van der Waals surface area (Å²) >= 11 is 0. The van der Waals surface area contributed by atoms with Crippen molar-refractivity contribution in [2.45, 2.75) is 64.6 Å². The number of carbonyl (C=O) groups excluding carboxylic acids is 3. The molecule has 2 heterocycles. The van der Waals surface area contributed by atoms with Gasteiger partial charge >= 0.3 is 23.9 Å². The Kier molecular flexibility index (Phi) is 9.01. The van der Waals surface area contributed by atoms with E-state index in [1.165, 1.54) is 6.08 Å². The van der Waals surface area contributed by atoms with Gasteiger partial charge in [-0.2, -0.15) is 0 Å². The van der Waals surface area contributed by atoms with Crippen molar-refractivity contribution in [2.75, 3.05) is 26.4 Å². The van der Waals surface area contributed by atoms with Crippen LogP contribution < -0.4 is 0 Å². The molecular weight excluding hydrogens is 536 g/mol. The molecule has 8 unspecified atom stereocenters. The van der Waals surface area contributed by atoms with E-state index in [-0.39, 0.29) is 47.7 Å². The number of carboxylic acids is 1. The number of ether oxygens (including phenoxy) is 3. The highest BCUT2D eigenvalue weighted by molar-refractivity contribution is 5.91. The lowest BCUT2D eigenvalue weighted by Gasteiger charge is -2.46. The number of hydrogen-bond acceptors (Lipinski definition) is 10. The van der Waals surface area contributed by atoms with E-state index < -0.39 is 85.2 Å². The van der Waals surface area contributed by atoms with Crippen LogP contribution in [0, 0.1) is 47.3 Å². The van der Waals surface area contributed by atoms with Gasteiger partial charge in [0.05, 0.1) is 29.6 Å². The van der Waals surface area contributed by atoms with Crippen molar-refractivity contribution in [1.82, 2.24) is 0 Å². The highest BCUT2D eigenvalue weighted by Gasteiger charge is 2.56. The van der Waals surface area contributed by atoms with E-state index in [0.717, 1.165) is 0 Å². The van der Waals surface area contributed by atoms with Crippen LogP contribution in [-0.4, -0.2) is 81.9 Å². The third-order valence-corrected chi connectivity index (χ3v) is 9.75. The van der Waals surface area contributed by atoms with Crippen LogP contribution >= 0.6 is 0 Å². The third kappa shape index (κ3) is 5.94. The van der Waals surface area contributed by atoms with Gasteiger partial charge in [-0.1, -0.05) is 39.8 Å². The van der Waals surface area contributed by atoms with Crippen LogP contribution in [-0.2, 0) is 33.4 Å². The lowest BCUT2D eigenvalue weighted by Crippen LogP contribution is -2.55. The molecule has 2 fully saturated rings. The number of rotatable bonds is 7. The quantitative estimate of drug-likeness (QED) is 0.255. The summed E-state index contributed by atoms with van der Waals surface area (Å²) in [7, 11) is 0. The summed E-state index contributed by atoms with van der Waals surface area (Å²) in [5.41, 5.74) is -3.50. The molecule has 0 saturated heterocycles. The summed E-state index contributed by atoms with van der Waals surface area (Å²) in [5, 5.41) is 42.3. The topological polar surface area (TPSA) is 177 Å². The summed E-state index contributed by atoms with van der Waals surface area (Å²) in [6.07, 6.45) is 4.45. The van der Waals surface area contributed by atoms with E-state index in [9.17, 15) is 39.6 Å². The van der Waals surface area contributed by atoms with E-state index in [4.69, 9.17) is 14.2 Å². The molecule has 11 nitrogen and oxygen atoms in total. The summed E-state index contributed by atoms with van der Waals surface area (Å²) in [6, 6.07) is 0. The molecule has 0 aromatic rings. The largest absolute Gasteiger partial charge is 0.478 e.